The third-order valence-corrected chi connectivity index (χ3v) is 4.43. The van der Waals surface area contributed by atoms with Crippen LogP contribution < -0.4 is 5.32 Å². The molecule has 2 nitrogen and oxygen atoms in total. The highest BCUT2D eigenvalue weighted by atomic mass is 32.1. The fourth-order valence-corrected chi connectivity index (χ4v) is 3.32. The van der Waals surface area contributed by atoms with Crippen LogP contribution in [0, 0.1) is 0 Å². The van der Waals surface area contributed by atoms with Gasteiger partial charge in [0.15, 0.2) is 0 Å². The molecule has 3 heteroatoms. The number of aliphatic hydroxyl groups is 1. The van der Waals surface area contributed by atoms with Crippen molar-refractivity contribution in [1.29, 1.82) is 0 Å². The van der Waals surface area contributed by atoms with E-state index in [1.165, 1.54) is 16.5 Å². The molecule has 0 amide bonds. The molecule has 0 bridgehead atoms. The van der Waals surface area contributed by atoms with Crippen molar-refractivity contribution in [3.63, 3.8) is 0 Å². The van der Waals surface area contributed by atoms with Crippen molar-refractivity contribution in [2.45, 2.75) is 37.8 Å². The molecule has 1 saturated carbocycles. The molecule has 0 spiro atoms. The van der Waals surface area contributed by atoms with Gasteiger partial charge in [0.1, 0.15) is 0 Å². The highest BCUT2D eigenvalue weighted by Crippen LogP contribution is 2.27. The molecule has 1 aromatic carbocycles. The van der Waals surface area contributed by atoms with Crippen molar-refractivity contribution < 1.29 is 5.11 Å². The number of fused-ring (bicyclic) bond motifs is 1. The lowest BCUT2D eigenvalue weighted by atomic mass is 9.92. The monoisotopic (exact) mass is 247 g/mol. The maximum atomic E-state index is 9.94. The Balaban J connectivity index is 1.79. The van der Waals surface area contributed by atoms with E-state index in [0.29, 0.717) is 0 Å². The van der Waals surface area contributed by atoms with E-state index >= 15 is 0 Å². The van der Waals surface area contributed by atoms with Crippen LogP contribution in [-0.2, 0) is 0 Å². The Morgan fingerprint density at radius 1 is 1.18 bits per heavy atom. The number of thiophene rings is 1. The summed E-state index contributed by atoms with van der Waals surface area (Å²) in [5, 5.41) is 16.8. The van der Waals surface area contributed by atoms with E-state index < -0.39 is 0 Å². The lowest BCUT2D eigenvalue weighted by Gasteiger charge is -2.29. The molecule has 2 N–H and O–H groups in total. The zero-order valence-electron chi connectivity index (χ0n) is 9.73. The first-order valence-electron chi connectivity index (χ1n) is 6.25. The average molecular weight is 247 g/mol. The second kappa shape index (κ2) is 4.67. The van der Waals surface area contributed by atoms with Gasteiger partial charge in [-0.05, 0) is 47.9 Å². The first-order chi connectivity index (χ1) is 8.33. The molecule has 1 heterocycles. The van der Waals surface area contributed by atoms with E-state index in [-0.39, 0.29) is 12.1 Å². The SMILES string of the molecule is OC1CCCCC1Nc1ccc2sccc2c1. The van der Waals surface area contributed by atoms with Gasteiger partial charge < -0.3 is 10.4 Å². The third-order valence-electron chi connectivity index (χ3n) is 3.53. The van der Waals surface area contributed by atoms with Gasteiger partial charge in [0.2, 0.25) is 0 Å². The highest BCUT2D eigenvalue weighted by Gasteiger charge is 2.22. The quantitative estimate of drug-likeness (QED) is 0.849. The van der Waals surface area contributed by atoms with Gasteiger partial charge in [0.25, 0.3) is 0 Å². The molecule has 90 valence electrons. The molecule has 2 aromatic rings. The zero-order valence-corrected chi connectivity index (χ0v) is 10.5. The Labute approximate surface area is 105 Å². The molecule has 2 unspecified atom stereocenters. The van der Waals surface area contributed by atoms with Crippen LogP contribution in [-0.4, -0.2) is 17.3 Å². The molecule has 0 saturated heterocycles. The van der Waals surface area contributed by atoms with Gasteiger partial charge in [-0.1, -0.05) is 12.8 Å². The first kappa shape index (κ1) is 11.1. The van der Waals surface area contributed by atoms with Crippen LogP contribution in [0.25, 0.3) is 10.1 Å². The lowest BCUT2D eigenvalue weighted by Crippen LogP contribution is -2.36. The molecule has 1 aliphatic carbocycles. The van der Waals surface area contributed by atoms with Crippen molar-refractivity contribution in [2.75, 3.05) is 5.32 Å². The minimum Gasteiger partial charge on any atom is -0.391 e. The van der Waals surface area contributed by atoms with E-state index in [9.17, 15) is 5.11 Å². The van der Waals surface area contributed by atoms with Crippen LogP contribution in [0.3, 0.4) is 0 Å². The zero-order chi connectivity index (χ0) is 11.7. The van der Waals surface area contributed by atoms with E-state index in [1.54, 1.807) is 11.3 Å². The van der Waals surface area contributed by atoms with Gasteiger partial charge in [-0.25, -0.2) is 0 Å². The normalized spacial score (nSPS) is 25.0. The summed E-state index contributed by atoms with van der Waals surface area (Å²) in [6.45, 7) is 0. The Morgan fingerprint density at radius 3 is 2.94 bits per heavy atom. The van der Waals surface area contributed by atoms with Crippen LogP contribution in [0.15, 0.2) is 29.6 Å². The Morgan fingerprint density at radius 2 is 2.06 bits per heavy atom. The molecule has 17 heavy (non-hydrogen) atoms. The summed E-state index contributed by atoms with van der Waals surface area (Å²) in [5.74, 6) is 0. The summed E-state index contributed by atoms with van der Waals surface area (Å²) in [6, 6.07) is 8.80. The smallest absolute Gasteiger partial charge is 0.0741 e. The second-order valence-electron chi connectivity index (χ2n) is 4.78. The first-order valence-corrected chi connectivity index (χ1v) is 7.13. The molecule has 0 radical (unpaired) electrons. The maximum Gasteiger partial charge on any atom is 0.0741 e. The number of rotatable bonds is 2. The summed E-state index contributed by atoms with van der Waals surface area (Å²) in [7, 11) is 0. The van der Waals surface area contributed by atoms with Gasteiger partial charge in [0, 0.05) is 10.4 Å². The minimum absolute atomic E-state index is 0.193. The van der Waals surface area contributed by atoms with Crippen LogP contribution in [0.2, 0.25) is 0 Å². The van der Waals surface area contributed by atoms with E-state index in [4.69, 9.17) is 0 Å². The summed E-state index contributed by atoms with van der Waals surface area (Å²) in [4.78, 5) is 0. The van der Waals surface area contributed by atoms with Crippen molar-refractivity contribution in [1.82, 2.24) is 0 Å². The molecule has 1 aliphatic rings. The minimum atomic E-state index is -0.193. The van der Waals surface area contributed by atoms with Crippen LogP contribution in [0.4, 0.5) is 5.69 Å². The van der Waals surface area contributed by atoms with Crippen LogP contribution >= 0.6 is 11.3 Å². The van der Waals surface area contributed by atoms with Gasteiger partial charge in [-0.3, -0.25) is 0 Å². The van der Waals surface area contributed by atoms with Gasteiger partial charge in [-0.15, -0.1) is 11.3 Å². The molecule has 2 atom stereocenters. The molecular weight excluding hydrogens is 230 g/mol. The van der Waals surface area contributed by atoms with Gasteiger partial charge in [-0.2, -0.15) is 0 Å². The van der Waals surface area contributed by atoms with Gasteiger partial charge in [0.05, 0.1) is 12.1 Å². The fraction of sp³-hybridized carbons (Fsp3) is 0.429. The highest BCUT2D eigenvalue weighted by molar-refractivity contribution is 7.17. The van der Waals surface area contributed by atoms with Gasteiger partial charge >= 0.3 is 0 Å². The Kier molecular flexibility index (Phi) is 3.04. The predicted molar refractivity (Wildman–Crippen MR) is 73.7 cm³/mol. The molecule has 0 aliphatic heterocycles. The average Bonchev–Trinajstić information content (AvgIpc) is 2.79. The Bertz CT molecular complexity index is 508. The number of anilines is 1. The third kappa shape index (κ3) is 2.31. The predicted octanol–water partition coefficient (Wildman–Crippen LogP) is 3.62. The molecule has 3 rings (SSSR count). The number of nitrogens with one attached hydrogen (secondary N) is 1. The summed E-state index contributed by atoms with van der Waals surface area (Å²) < 4.78 is 1.32. The number of benzene rings is 1. The number of hydrogen-bond acceptors (Lipinski definition) is 3. The van der Waals surface area contributed by atoms with Crippen LogP contribution in [0.5, 0.6) is 0 Å². The molecular formula is C14H17NOS. The number of hydrogen-bond donors (Lipinski definition) is 2. The van der Waals surface area contributed by atoms with E-state index in [0.717, 1.165) is 24.9 Å². The Hall–Kier alpha value is -1.06. The topological polar surface area (TPSA) is 32.3 Å². The standard InChI is InChI=1S/C14H17NOS/c16-13-4-2-1-3-12(13)15-11-5-6-14-10(9-11)7-8-17-14/h5-9,12-13,15-16H,1-4H2. The largest absolute Gasteiger partial charge is 0.391 e. The van der Waals surface area contributed by atoms with Crippen LogP contribution in [0.1, 0.15) is 25.7 Å². The number of aliphatic hydroxyl groups excluding tert-OH is 1. The molecule has 1 fully saturated rings. The molecule has 1 aromatic heterocycles. The van der Waals surface area contributed by atoms with Crippen molar-refractivity contribution in [2.24, 2.45) is 0 Å². The van der Waals surface area contributed by atoms with Crippen molar-refractivity contribution in [3.8, 4) is 0 Å². The second-order valence-corrected chi connectivity index (χ2v) is 5.72. The summed E-state index contributed by atoms with van der Waals surface area (Å²) >= 11 is 1.77. The fourth-order valence-electron chi connectivity index (χ4n) is 2.55. The lowest BCUT2D eigenvalue weighted by molar-refractivity contribution is 0.116. The summed E-state index contributed by atoms with van der Waals surface area (Å²) in [5.41, 5.74) is 1.13. The van der Waals surface area contributed by atoms with Crippen molar-refractivity contribution in [3.05, 3.63) is 29.6 Å². The maximum absolute atomic E-state index is 9.94. The van der Waals surface area contributed by atoms with E-state index in [1.807, 2.05) is 0 Å². The van der Waals surface area contributed by atoms with Crippen molar-refractivity contribution >= 4 is 27.1 Å². The van der Waals surface area contributed by atoms with E-state index in [2.05, 4.69) is 35.0 Å². The summed E-state index contributed by atoms with van der Waals surface area (Å²) in [6.07, 6.45) is 4.18.